The third kappa shape index (κ3) is 7.06. The number of hydrogen-bond donors (Lipinski definition) is 1. The van der Waals surface area contributed by atoms with Crippen LogP contribution in [0, 0.1) is 0 Å². The number of rotatable bonds is 8. The van der Waals surface area contributed by atoms with Gasteiger partial charge in [-0.3, -0.25) is 19.4 Å². The summed E-state index contributed by atoms with van der Waals surface area (Å²) in [6.07, 6.45) is 1.38. The van der Waals surface area contributed by atoms with E-state index in [4.69, 9.17) is 9.26 Å². The van der Waals surface area contributed by atoms with E-state index in [1.54, 1.807) is 35.4 Å². The van der Waals surface area contributed by atoms with Gasteiger partial charge in [0.25, 0.3) is 6.20 Å². The van der Waals surface area contributed by atoms with Crippen molar-refractivity contribution in [3.8, 4) is 0 Å². The molecule has 4 rings (SSSR count). The fourth-order valence-electron chi connectivity index (χ4n) is 3.41. The van der Waals surface area contributed by atoms with Crippen LogP contribution in [0.25, 0.3) is 0 Å². The van der Waals surface area contributed by atoms with Crippen LogP contribution >= 0.6 is 11.8 Å². The van der Waals surface area contributed by atoms with Crippen LogP contribution in [-0.2, 0) is 16.1 Å². The molecule has 2 heterocycles. The van der Waals surface area contributed by atoms with Gasteiger partial charge in [-0.05, 0) is 5.56 Å². The van der Waals surface area contributed by atoms with Crippen LogP contribution in [0.5, 0.6) is 0 Å². The number of nitrogens with one attached hydrogen (secondary N) is 1. The van der Waals surface area contributed by atoms with Crippen molar-refractivity contribution in [2.75, 3.05) is 42.3 Å². The molecule has 10 nitrogen and oxygen atoms in total. The van der Waals surface area contributed by atoms with E-state index in [1.165, 1.54) is 4.79 Å². The van der Waals surface area contributed by atoms with Gasteiger partial charge in [-0.1, -0.05) is 72.4 Å². The van der Waals surface area contributed by atoms with Crippen molar-refractivity contribution in [1.82, 2.24) is 10.2 Å². The zero-order valence-electron chi connectivity index (χ0n) is 19.0. The lowest BCUT2D eigenvalue weighted by Crippen LogP contribution is -2.65. The first-order chi connectivity index (χ1) is 17.1. The van der Waals surface area contributed by atoms with Gasteiger partial charge in [0.15, 0.2) is 0 Å². The molecule has 0 atom stereocenters. The van der Waals surface area contributed by atoms with Gasteiger partial charge in [0.2, 0.25) is 16.3 Å². The summed E-state index contributed by atoms with van der Waals surface area (Å²) in [5.41, 5.74) is 1.55. The van der Waals surface area contributed by atoms with E-state index >= 15 is 0 Å². The average Bonchev–Trinajstić information content (AvgIpc) is 3.36. The van der Waals surface area contributed by atoms with E-state index < -0.39 is 0 Å². The Balaban J connectivity index is 1.16. The number of piperazine rings is 1. The van der Waals surface area contributed by atoms with E-state index in [1.807, 2.05) is 41.4 Å². The van der Waals surface area contributed by atoms with Crippen LogP contribution in [0.2, 0.25) is 0 Å². The zero-order chi connectivity index (χ0) is 24.5. The lowest BCUT2D eigenvalue weighted by molar-refractivity contribution is -0.759. The number of benzene rings is 2. The molecule has 1 aromatic heterocycles. The van der Waals surface area contributed by atoms with Crippen molar-refractivity contribution < 1.29 is 28.4 Å². The molecule has 0 spiro atoms. The van der Waals surface area contributed by atoms with E-state index in [-0.39, 0.29) is 36.0 Å². The Morgan fingerprint density at radius 1 is 1.00 bits per heavy atom. The second-order valence-electron chi connectivity index (χ2n) is 7.77. The van der Waals surface area contributed by atoms with Crippen molar-refractivity contribution in [2.45, 2.75) is 13.0 Å². The zero-order valence-corrected chi connectivity index (χ0v) is 19.9. The Kier molecular flexibility index (Phi) is 8.34. The van der Waals surface area contributed by atoms with Crippen LogP contribution in [0.15, 0.2) is 71.4 Å². The monoisotopic (exact) mass is 496 g/mol. The van der Waals surface area contributed by atoms with Gasteiger partial charge in [0.1, 0.15) is 6.61 Å². The molecule has 0 bridgehead atoms. The fraction of sp³-hybridized carbons (Fsp3) is 0.292. The van der Waals surface area contributed by atoms with Gasteiger partial charge in [-0.25, -0.2) is 4.79 Å². The molecule has 1 N–H and O–H groups in total. The minimum absolute atomic E-state index is 0.0704. The molecule has 2 amide bonds. The number of ether oxygens (including phenoxy) is 1. The predicted molar refractivity (Wildman–Crippen MR) is 129 cm³/mol. The Morgan fingerprint density at radius 3 is 2.40 bits per heavy atom. The van der Waals surface area contributed by atoms with Crippen molar-refractivity contribution >= 4 is 34.8 Å². The number of nitrogens with zero attached hydrogens (tertiary/aromatic N) is 4. The highest BCUT2D eigenvalue weighted by Gasteiger charge is 2.29. The van der Waals surface area contributed by atoms with Crippen LogP contribution in [0.4, 0.5) is 10.7 Å². The Labute approximate surface area is 206 Å². The average molecular weight is 497 g/mol. The molecule has 3 aromatic rings. The Bertz CT molecular complexity index is 1130. The number of carbonyl (C=O) groups excluding carboxylic acids is 3. The molecule has 2 aromatic carbocycles. The normalized spacial score (nSPS) is 13.4. The van der Waals surface area contributed by atoms with E-state index in [0.717, 1.165) is 17.3 Å². The van der Waals surface area contributed by atoms with Crippen LogP contribution < -0.4 is 15.1 Å². The molecule has 0 saturated carbocycles. The van der Waals surface area contributed by atoms with Gasteiger partial charge in [0.05, 0.1) is 17.9 Å². The summed E-state index contributed by atoms with van der Waals surface area (Å²) in [7, 11) is 0. The summed E-state index contributed by atoms with van der Waals surface area (Å²) < 4.78 is 10.6. The lowest BCUT2D eigenvalue weighted by Gasteiger charge is -2.29. The predicted octanol–water partition coefficient (Wildman–Crippen LogP) is 2.45. The van der Waals surface area contributed by atoms with Gasteiger partial charge in [0, 0.05) is 30.8 Å². The first-order valence-electron chi connectivity index (χ1n) is 11.2. The number of carbonyl (C=O) groups is 3. The minimum atomic E-state index is -0.352. The highest BCUT2D eigenvalue weighted by Crippen LogP contribution is 2.14. The largest absolute Gasteiger partial charge is 0.445 e. The van der Waals surface area contributed by atoms with Crippen molar-refractivity contribution in [3.63, 3.8) is 0 Å². The van der Waals surface area contributed by atoms with E-state index in [2.05, 4.69) is 10.6 Å². The highest BCUT2D eigenvalue weighted by molar-refractivity contribution is 8.14. The number of aromatic nitrogens is 2. The van der Waals surface area contributed by atoms with Crippen LogP contribution in [-0.4, -0.2) is 59.2 Å². The second-order valence-corrected chi connectivity index (χ2v) is 8.84. The van der Waals surface area contributed by atoms with Gasteiger partial charge in [-0.15, -0.1) is 5.01 Å². The Morgan fingerprint density at radius 2 is 1.69 bits per heavy atom. The number of hydrogen-bond acceptors (Lipinski definition) is 8. The third-order valence-corrected chi connectivity index (χ3v) is 6.21. The van der Waals surface area contributed by atoms with Crippen LogP contribution in [0.3, 0.4) is 0 Å². The maximum absolute atomic E-state index is 12.3. The summed E-state index contributed by atoms with van der Waals surface area (Å²) >= 11 is 1.10. The molecule has 1 aliphatic rings. The standard InChI is InChI=1S/C24H25N5O5S/c30-21(11-16-35-23(31)20-9-5-2-6-10-20)25-22-17-29(26-34-22)28-14-12-27(13-15-28)24(32)33-18-19-7-3-1-4-8-19/h1-10,17H,11-16,18H2/p+1. The first-order valence-corrected chi connectivity index (χ1v) is 12.2. The quantitative estimate of drug-likeness (QED) is 0.474. The molecular formula is C24H26N5O5S+. The minimum Gasteiger partial charge on any atom is -0.445 e. The van der Waals surface area contributed by atoms with E-state index in [0.29, 0.717) is 37.5 Å². The molecule has 182 valence electrons. The van der Waals surface area contributed by atoms with Gasteiger partial charge >= 0.3 is 12.0 Å². The molecular weight excluding hydrogens is 470 g/mol. The fourth-order valence-corrected chi connectivity index (χ4v) is 4.19. The second kappa shape index (κ2) is 12.0. The maximum atomic E-state index is 12.3. The topological polar surface area (TPSA) is 109 Å². The van der Waals surface area contributed by atoms with Crippen molar-refractivity contribution in [2.24, 2.45) is 0 Å². The molecule has 11 heteroatoms. The first kappa shape index (κ1) is 24.3. The Hall–Kier alpha value is -3.86. The van der Waals surface area contributed by atoms with Crippen molar-refractivity contribution in [1.29, 1.82) is 0 Å². The molecule has 0 radical (unpaired) electrons. The molecule has 1 fully saturated rings. The summed E-state index contributed by atoms with van der Waals surface area (Å²) in [5.74, 6) is 0.294. The number of anilines is 1. The molecule has 1 saturated heterocycles. The molecule has 1 aliphatic heterocycles. The highest BCUT2D eigenvalue weighted by atomic mass is 32.2. The molecule has 0 aliphatic carbocycles. The van der Waals surface area contributed by atoms with Crippen molar-refractivity contribution in [3.05, 3.63) is 78.0 Å². The van der Waals surface area contributed by atoms with Gasteiger partial charge < -0.3 is 9.64 Å². The summed E-state index contributed by atoms with van der Waals surface area (Å²) in [4.78, 5) is 39.8. The SMILES string of the molecule is O=C(CCSC(=O)c1ccccc1)Nc1c[n+](N2CCN(C(=O)OCc3ccccc3)CC2)no1. The van der Waals surface area contributed by atoms with E-state index in [9.17, 15) is 14.4 Å². The summed E-state index contributed by atoms with van der Waals surface area (Å²) in [6, 6.07) is 18.5. The summed E-state index contributed by atoms with van der Waals surface area (Å²) in [5, 5.41) is 8.42. The van der Waals surface area contributed by atoms with Gasteiger partial charge in [-0.2, -0.15) is 0 Å². The smallest absolute Gasteiger partial charge is 0.410 e. The molecule has 35 heavy (non-hydrogen) atoms. The molecule has 0 unspecified atom stereocenters. The third-order valence-electron chi connectivity index (χ3n) is 5.30. The lowest BCUT2D eigenvalue weighted by atomic mass is 10.2. The number of amides is 2. The summed E-state index contributed by atoms with van der Waals surface area (Å²) in [6.45, 7) is 2.25. The van der Waals surface area contributed by atoms with Crippen LogP contribution in [0.1, 0.15) is 22.3 Å². The maximum Gasteiger partial charge on any atom is 0.410 e. The number of thioether (sulfide) groups is 1.